The van der Waals surface area contributed by atoms with Gasteiger partial charge in [0.25, 0.3) is 0 Å². The Labute approximate surface area is 187 Å². The van der Waals surface area contributed by atoms with Crippen LogP contribution in [0, 0.1) is 13.8 Å². The molecule has 0 radical (unpaired) electrons. The first-order valence-electron chi connectivity index (χ1n) is 10.5. The van der Waals surface area contributed by atoms with E-state index in [1.54, 1.807) is 6.07 Å². The zero-order valence-electron chi connectivity index (χ0n) is 17.9. The summed E-state index contributed by atoms with van der Waals surface area (Å²) in [4.78, 5) is 17.2. The molecule has 0 fully saturated rings. The van der Waals surface area contributed by atoms with E-state index >= 15 is 0 Å². The molecule has 4 aromatic rings. The van der Waals surface area contributed by atoms with Crippen LogP contribution in [-0.2, 0) is 24.2 Å². The molecular weight excluding hydrogens is 406 g/mol. The number of nitrogens with zero attached hydrogens (tertiary/aromatic N) is 2. The van der Waals surface area contributed by atoms with E-state index in [9.17, 15) is 4.79 Å². The molecule has 3 aromatic carbocycles. The van der Waals surface area contributed by atoms with Crippen LogP contribution < -0.4 is 5.32 Å². The summed E-state index contributed by atoms with van der Waals surface area (Å²) in [5, 5.41) is 3.63. The van der Waals surface area contributed by atoms with Crippen LogP contribution in [0.5, 0.6) is 0 Å². The van der Waals surface area contributed by atoms with Crippen molar-refractivity contribution in [3.63, 3.8) is 0 Å². The largest absolute Gasteiger partial charge is 0.355 e. The van der Waals surface area contributed by atoms with Gasteiger partial charge >= 0.3 is 0 Å². The van der Waals surface area contributed by atoms with Gasteiger partial charge in [-0.25, -0.2) is 4.98 Å². The molecule has 0 aliphatic rings. The molecule has 0 aliphatic heterocycles. The Morgan fingerprint density at radius 1 is 1.00 bits per heavy atom. The van der Waals surface area contributed by atoms with Crippen LogP contribution in [-0.4, -0.2) is 22.0 Å². The maximum absolute atomic E-state index is 12.4. The Morgan fingerprint density at radius 2 is 1.77 bits per heavy atom. The number of carbonyl (C=O) groups is 1. The lowest BCUT2D eigenvalue weighted by atomic mass is 10.1. The summed E-state index contributed by atoms with van der Waals surface area (Å²) in [5.41, 5.74) is 6.72. The maximum Gasteiger partial charge on any atom is 0.224 e. The number of halogens is 1. The van der Waals surface area contributed by atoms with Gasteiger partial charge in [-0.2, -0.15) is 0 Å². The van der Waals surface area contributed by atoms with Crippen LogP contribution in [0.15, 0.2) is 66.7 Å². The minimum absolute atomic E-state index is 0.0368. The van der Waals surface area contributed by atoms with E-state index < -0.39 is 0 Å². The Kier molecular flexibility index (Phi) is 6.38. The Morgan fingerprint density at radius 3 is 2.61 bits per heavy atom. The minimum Gasteiger partial charge on any atom is -0.355 e. The van der Waals surface area contributed by atoms with Gasteiger partial charge < -0.3 is 9.88 Å². The number of aromatic nitrogens is 2. The summed E-state index contributed by atoms with van der Waals surface area (Å²) in [5.74, 6) is 0.936. The number of benzene rings is 3. The van der Waals surface area contributed by atoms with Gasteiger partial charge in [0.1, 0.15) is 5.82 Å². The van der Waals surface area contributed by atoms with Crippen molar-refractivity contribution < 1.29 is 4.79 Å². The molecule has 1 heterocycles. The fourth-order valence-electron chi connectivity index (χ4n) is 3.82. The first-order chi connectivity index (χ1) is 15.0. The summed E-state index contributed by atoms with van der Waals surface area (Å²) in [7, 11) is 0. The molecule has 0 aliphatic carbocycles. The second-order valence-electron chi connectivity index (χ2n) is 7.90. The number of nitrogens with one attached hydrogen (secondary N) is 1. The highest BCUT2D eigenvalue weighted by molar-refractivity contribution is 6.31. The smallest absolute Gasteiger partial charge is 0.224 e. The predicted octanol–water partition coefficient (Wildman–Crippen LogP) is 5.26. The second-order valence-corrected chi connectivity index (χ2v) is 8.31. The number of amides is 1. The standard InChI is InChI=1S/C26H26ClN3O/c1-18-11-12-19(2)21(15-18)17-30-24-10-6-5-9-23(24)29-25(30)13-14-28-26(31)16-20-7-3-4-8-22(20)27/h3-12,15H,13-14,16-17H2,1-2H3,(H,28,31). The number of carbonyl (C=O) groups excluding carboxylic acids is 1. The summed E-state index contributed by atoms with van der Waals surface area (Å²) >= 11 is 6.17. The number of rotatable bonds is 7. The summed E-state index contributed by atoms with van der Waals surface area (Å²) < 4.78 is 2.26. The molecule has 31 heavy (non-hydrogen) atoms. The highest BCUT2D eigenvalue weighted by atomic mass is 35.5. The molecule has 0 atom stereocenters. The van der Waals surface area contributed by atoms with Gasteiger partial charge in [-0.1, -0.05) is 65.7 Å². The van der Waals surface area contributed by atoms with E-state index in [-0.39, 0.29) is 12.3 Å². The normalized spacial score (nSPS) is 11.1. The number of hydrogen-bond acceptors (Lipinski definition) is 2. The Balaban J connectivity index is 1.50. The highest BCUT2D eigenvalue weighted by Gasteiger charge is 2.13. The second kappa shape index (κ2) is 9.36. The fourth-order valence-corrected chi connectivity index (χ4v) is 4.03. The number of fused-ring (bicyclic) bond motifs is 1. The topological polar surface area (TPSA) is 46.9 Å². The molecule has 4 rings (SSSR count). The molecular formula is C26H26ClN3O. The van der Waals surface area contributed by atoms with Crippen molar-refractivity contribution in [2.45, 2.75) is 33.2 Å². The molecule has 1 N–H and O–H groups in total. The van der Waals surface area contributed by atoms with Crippen molar-refractivity contribution in [2.24, 2.45) is 0 Å². The van der Waals surface area contributed by atoms with Gasteiger partial charge in [-0.05, 0) is 48.7 Å². The number of imidazole rings is 1. The molecule has 158 valence electrons. The van der Waals surface area contributed by atoms with Crippen molar-refractivity contribution in [1.29, 1.82) is 0 Å². The molecule has 4 nitrogen and oxygen atoms in total. The van der Waals surface area contributed by atoms with Gasteiger partial charge in [0.05, 0.1) is 17.5 Å². The third-order valence-corrected chi connectivity index (χ3v) is 5.92. The van der Waals surface area contributed by atoms with Gasteiger partial charge in [-0.3, -0.25) is 4.79 Å². The predicted molar refractivity (Wildman–Crippen MR) is 127 cm³/mol. The van der Waals surface area contributed by atoms with Crippen molar-refractivity contribution in [3.8, 4) is 0 Å². The van der Waals surface area contributed by atoms with Crippen molar-refractivity contribution in [3.05, 3.63) is 99.8 Å². The lowest BCUT2D eigenvalue weighted by Gasteiger charge is -2.13. The van der Waals surface area contributed by atoms with Gasteiger partial charge in [0.2, 0.25) is 5.91 Å². The monoisotopic (exact) mass is 431 g/mol. The lowest BCUT2D eigenvalue weighted by Crippen LogP contribution is -2.28. The molecule has 0 bridgehead atoms. The van der Waals surface area contributed by atoms with Crippen molar-refractivity contribution in [1.82, 2.24) is 14.9 Å². The molecule has 1 amide bonds. The number of hydrogen-bond donors (Lipinski definition) is 1. The minimum atomic E-state index is -0.0368. The molecule has 0 saturated heterocycles. The van der Waals surface area contributed by atoms with Crippen molar-refractivity contribution in [2.75, 3.05) is 6.54 Å². The van der Waals surface area contributed by atoms with E-state index in [1.165, 1.54) is 16.7 Å². The Bertz CT molecular complexity index is 1230. The van der Waals surface area contributed by atoms with E-state index in [2.05, 4.69) is 48.0 Å². The van der Waals surface area contributed by atoms with Crippen LogP contribution in [0.2, 0.25) is 5.02 Å². The van der Waals surface area contributed by atoms with Gasteiger partial charge in [-0.15, -0.1) is 0 Å². The van der Waals surface area contributed by atoms with Crippen LogP contribution in [0.4, 0.5) is 0 Å². The van der Waals surface area contributed by atoms with E-state index in [4.69, 9.17) is 16.6 Å². The van der Waals surface area contributed by atoms with E-state index in [0.29, 0.717) is 18.0 Å². The van der Waals surface area contributed by atoms with Crippen LogP contribution in [0.25, 0.3) is 11.0 Å². The lowest BCUT2D eigenvalue weighted by molar-refractivity contribution is -0.120. The third-order valence-electron chi connectivity index (χ3n) is 5.55. The zero-order chi connectivity index (χ0) is 21.8. The quantitative estimate of drug-likeness (QED) is 0.434. The van der Waals surface area contributed by atoms with Crippen LogP contribution in [0.3, 0.4) is 0 Å². The van der Waals surface area contributed by atoms with Crippen LogP contribution >= 0.6 is 11.6 Å². The first kappa shape index (κ1) is 21.1. The Hall–Kier alpha value is -3.11. The van der Waals surface area contributed by atoms with Crippen LogP contribution in [0.1, 0.15) is 28.1 Å². The summed E-state index contributed by atoms with van der Waals surface area (Å²) in [6.45, 7) is 5.54. The van der Waals surface area contributed by atoms with Crippen molar-refractivity contribution >= 4 is 28.5 Å². The SMILES string of the molecule is Cc1ccc(C)c(Cn2c(CCNC(=O)Cc3ccccc3Cl)nc3ccccc32)c1. The van der Waals surface area contributed by atoms with E-state index in [0.717, 1.165) is 29.0 Å². The van der Waals surface area contributed by atoms with Gasteiger partial charge in [0.15, 0.2) is 0 Å². The number of aryl methyl sites for hydroxylation is 2. The molecule has 5 heteroatoms. The molecule has 0 saturated carbocycles. The maximum atomic E-state index is 12.4. The first-order valence-corrected chi connectivity index (χ1v) is 10.9. The average molecular weight is 432 g/mol. The average Bonchev–Trinajstić information content (AvgIpc) is 3.10. The summed E-state index contributed by atoms with van der Waals surface area (Å²) in [6.07, 6.45) is 0.937. The highest BCUT2D eigenvalue weighted by Crippen LogP contribution is 2.21. The number of para-hydroxylation sites is 2. The summed E-state index contributed by atoms with van der Waals surface area (Å²) in [6, 6.07) is 22.2. The zero-order valence-corrected chi connectivity index (χ0v) is 18.6. The molecule has 0 spiro atoms. The van der Waals surface area contributed by atoms with E-state index in [1.807, 2.05) is 36.4 Å². The van der Waals surface area contributed by atoms with Gasteiger partial charge in [0, 0.05) is 24.5 Å². The molecule has 1 aromatic heterocycles. The third kappa shape index (κ3) is 4.97. The fraction of sp³-hybridized carbons (Fsp3) is 0.231. The molecule has 0 unspecified atom stereocenters.